The van der Waals surface area contributed by atoms with Crippen LogP contribution in [0.3, 0.4) is 0 Å². The summed E-state index contributed by atoms with van der Waals surface area (Å²) >= 11 is 1.35. The fraction of sp³-hybridized carbons (Fsp3) is 0.264. The van der Waals surface area contributed by atoms with Crippen molar-refractivity contribution in [3.8, 4) is 24.0 Å². The van der Waals surface area contributed by atoms with Gasteiger partial charge < -0.3 is 14.1 Å². The molecule has 0 bridgehead atoms. The van der Waals surface area contributed by atoms with Gasteiger partial charge in [-0.1, -0.05) is 151 Å². The second-order valence-corrected chi connectivity index (χ2v) is 21.9. The van der Waals surface area contributed by atoms with Crippen LogP contribution in [0.2, 0.25) is 5.04 Å². The third kappa shape index (κ3) is 9.50. The van der Waals surface area contributed by atoms with Gasteiger partial charge in [-0.05, 0) is 55.3 Å². The Bertz CT molecular complexity index is 2600. The van der Waals surface area contributed by atoms with Crippen LogP contribution in [0.25, 0.3) is 18.2 Å². The molecule has 327 valence electrons. The van der Waals surface area contributed by atoms with E-state index >= 15 is 13.2 Å². The average molecular weight is 893 g/mol. The largest absolute Gasteiger partial charge is 0.682 e. The molecular weight excluding hydrogens is 842 g/mol. The fourth-order valence-electron chi connectivity index (χ4n) is 8.15. The first-order valence-electron chi connectivity index (χ1n) is 21.4. The van der Waals surface area contributed by atoms with Crippen molar-refractivity contribution in [2.24, 2.45) is 0 Å². The Balaban J connectivity index is 1.45. The van der Waals surface area contributed by atoms with Gasteiger partial charge in [0, 0.05) is 45.2 Å². The number of allylic oxidation sites excluding steroid dienone is 2. The number of hydrogen-bond acceptors (Lipinski definition) is 7. The molecule has 0 fully saturated rings. The summed E-state index contributed by atoms with van der Waals surface area (Å²) in [6.45, 7) is 13.0. The van der Waals surface area contributed by atoms with Crippen molar-refractivity contribution in [3.05, 3.63) is 171 Å². The molecular formula is C53H51F3N4O2SSi-. The second kappa shape index (κ2) is 20.3. The molecule has 0 saturated heterocycles. The van der Waals surface area contributed by atoms with Gasteiger partial charge in [0.15, 0.2) is 11.3 Å². The van der Waals surface area contributed by atoms with Crippen molar-refractivity contribution >= 4 is 53.9 Å². The molecule has 4 aromatic carbocycles. The highest BCUT2D eigenvalue weighted by atomic mass is 32.1. The molecule has 2 heterocycles. The molecule has 0 saturated carbocycles. The number of unbranched alkanes of at least 4 members (excludes halogenated alkanes) is 2. The van der Waals surface area contributed by atoms with Crippen molar-refractivity contribution in [1.29, 1.82) is 15.8 Å². The zero-order chi connectivity index (χ0) is 46.0. The van der Waals surface area contributed by atoms with Gasteiger partial charge in [0.25, 0.3) is 5.60 Å². The maximum absolute atomic E-state index is 15.4. The molecule has 0 radical (unpaired) electrons. The van der Waals surface area contributed by atoms with Gasteiger partial charge in [-0.2, -0.15) is 29.0 Å². The van der Waals surface area contributed by atoms with Crippen molar-refractivity contribution < 1.29 is 22.3 Å². The SMILES string of the molecule is CCCCN(CCCC)c1ccc(/C=C/c2ccc(/C=C/C3=C(C#N)C(=C(C#N)C#N)OC3(c3ccccc3)C(F)(F)F)s2)c(O[Si-](c2ccccc2)(c2ccccc2)C(C)(C)C)c1. The zero-order valence-corrected chi connectivity index (χ0v) is 38.6. The molecule has 0 aliphatic carbocycles. The van der Waals surface area contributed by atoms with Crippen LogP contribution in [-0.4, -0.2) is 27.6 Å². The topological polar surface area (TPSA) is 93.1 Å². The van der Waals surface area contributed by atoms with E-state index in [4.69, 9.17) is 9.16 Å². The smallest absolute Gasteiger partial charge is 0.437 e. The standard InChI is InChI=1S/C53H51F3N4O2SSi/c1-6-8-33-60(34-9-7-2)42-27-25-39(49(35-42)62-64(51(3,4)5,45-21-15-11-16-22-45)46-23-17-12-18-24-46)26-28-43-29-30-44(63-43)31-32-48-47(38-59)50(40(36-57)37-58)61-52(48,53(54,55)56)41-19-13-10-14-20-41/h10-32,35H,6-9,33-34H2,1-5H3/q-1/b28-26+,32-31+. The van der Waals surface area contributed by atoms with Crippen LogP contribution in [0.15, 0.2) is 150 Å². The van der Waals surface area contributed by atoms with Gasteiger partial charge in [0.2, 0.25) is 0 Å². The predicted molar refractivity (Wildman–Crippen MR) is 255 cm³/mol. The molecule has 64 heavy (non-hydrogen) atoms. The molecule has 1 aromatic heterocycles. The van der Waals surface area contributed by atoms with Gasteiger partial charge in [-0.25, -0.2) is 0 Å². The Kier molecular flexibility index (Phi) is 14.9. The quantitative estimate of drug-likeness (QED) is 0.0723. The molecule has 1 aliphatic heterocycles. The van der Waals surface area contributed by atoms with Crippen molar-refractivity contribution in [1.82, 2.24) is 0 Å². The van der Waals surface area contributed by atoms with E-state index in [1.807, 2.05) is 30.4 Å². The van der Waals surface area contributed by atoms with Crippen molar-refractivity contribution in [2.75, 3.05) is 18.0 Å². The number of alkyl halides is 3. The van der Waals surface area contributed by atoms with Gasteiger partial charge >= 0.3 is 6.18 Å². The summed E-state index contributed by atoms with van der Waals surface area (Å²) in [5.74, 6) is 0.0568. The molecule has 6 nitrogen and oxygen atoms in total. The average Bonchev–Trinajstić information content (AvgIpc) is 3.90. The summed E-state index contributed by atoms with van der Waals surface area (Å²) in [5, 5.41) is 31.5. The minimum absolute atomic E-state index is 0.289. The molecule has 0 N–H and O–H groups in total. The van der Waals surface area contributed by atoms with Crippen LogP contribution < -0.4 is 19.7 Å². The highest BCUT2D eigenvalue weighted by Gasteiger charge is 2.65. The Hall–Kier alpha value is -6.58. The fourth-order valence-corrected chi connectivity index (χ4v) is 13.4. The van der Waals surface area contributed by atoms with Crippen molar-refractivity contribution in [3.63, 3.8) is 0 Å². The van der Waals surface area contributed by atoms with Gasteiger partial charge in [-0.3, -0.25) is 0 Å². The third-order valence-electron chi connectivity index (χ3n) is 11.4. The number of nitriles is 3. The highest BCUT2D eigenvalue weighted by molar-refractivity contribution is 7.13. The number of ether oxygens (including phenoxy) is 1. The number of nitrogens with zero attached hydrogens (tertiary/aromatic N) is 4. The van der Waals surface area contributed by atoms with Crippen LogP contribution in [0.1, 0.15) is 81.2 Å². The van der Waals surface area contributed by atoms with E-state index in [-0.39, 0.29) is 10.6 Å². The van der Waals surface area contributed by atoms with Gasteiger partial charge in [-0.15, -0.1) is 26.7 Å². The third-order valence-corrected chi connectivity index (χ3v) is 17.3. The summed E-state index contributed by atoms with van der Waals surface area (Å²) in [6, 6.07) is 43.0. The number of hydrogen-bond donors (Lipinski definition) is 0. The van der Waals surface area contributed by atoms with Crippen molar-refractivity contribution in [2.45, 2.75) is 77.1 Å². The van der Waals surface area contributed by atoms with E-state index in [2.05, 4.69) is 106 Å². The Morgan fingerprint density at radius 2 is 1.27 bits per heavy atom. The van der Waals surface area contributed by atoms with Crippen LogP contribution >= 0.6 is 11.3 Å². The maximum Gasteiger partial charge on any atom is 0.437 e. The Morgan fingerprint density at radius 1 is 0.734 bits per heavy atom. The second-order valence-electron chi connectivity index (χ2n) is 16.6. The molecule has 11 heteroatoms. The summed E-state index contributed by atoms with van der Waals surface area (Å²) in [7, 11) is -3.05. The lowest BCUT2D eigenvalue weighted by Gasteiger charge is -2.55. The van der Waals surface area contributed by atoms with Crippen LogP contribution in [0.4, 0.5) is 18.9 Å². The number of benzene rings is 4. The van der Waals surface area contributed by atoms with Crippen LogP contribution in [-0.2, 0) is 10.3 Å². The first kappa shape index (κ1) is 46.9. The summed E-state index contributed by atoms with van der Waals surface area (Å²) in [5.41, 5.74) is -3.24. The summed E-state index contributed by atoms with van der Waals surface area (Å²) < 4.78 is 59.3. The lowest BCUT2D eigenvalue weighted by atomic mass is 9.84. The number of thiophene rings is 1. The lowest BCUT2D eigenvalue weighted by molar-refractivity contribution is -0.249. The van der Waals surface area contributed by atoms with Gasteiger partial charge in [0.1, 0.15) is 32.1 Å². The molecule has 6 rings (SSSR count). The molecule has 0 amide bonds. The minimum atomic E-state index is -5.08. The van der Waals surface area contributed by atoms with E-state index in [0.29, 0.717) is 4.88 Å². The van der Waals surface area contributed by atoms with E-state index in [1.54, 1.807) is 30.3 Å². The first-order chi connectivity index (χ1) is 30.8. The molecule has 1 aliphatic rings. The highest BCUT2D eigenvalue weighted by Crippen LogP contribution is 2.56. The Morgan fingerprint density at radius 3 is 1.75 bits per heavy atom. The molecule has 5 aromatic rings. The Labute approximate surface area is 380 Å². The van der Waals surface area contributed by atoms with E-state index in [9.17, 15) is 15.8 Å². The normalized spacial score (nSPS) is 15.5. The monoisotopic (exact) mass is 892 g/mol. The van der Waals surface area contributed by atoms with Crippen LogP contribution in [0, 0.1) is 34.0 Å². The maximum atomic E-state index is 15.4. The molecule has 1 atom stereocenters. The molecule has 0 spiro atoms. The van der Waals surface area contributed by atoms with Crippen LogP contribution in [0.5, 0.6) is 5.75 Å². The van der Waals surface area contributed by atoms with E-state index < -0.39 is 42.6 Å². The number of halogens is 3. The van der Waals surface area contributed by atoms with E-state index in [1.165, 1.54) is 47.8 Å². The van der Waals surface area contributed by atoms with E-state index in [0.717, 1.165) is 71.0 Å². The summed E-state index contributed by atoms with van der Waals surface area (Å²) in [6.07, 6.45) is 5.90. The lowest BCUT2D eigenvalue weighted by Crippen LogP contribution is -2.68. The molecule has 1 unspecified atom stereocenters. The van der Waals surface area contributed by atoms with Gasteiger partial charge in [0.05, 0.1) is 5.75 Å². The predicted octanol–water partition coefficient (Wildman–Crippen LogP) is 12.9. The zero-order valence-electron chi connectivity index (χ0n) is 36.7. The first-order valence-corrected chi connectivity index (χ1v) is 24.2. The number of rotatable bonds is 16. The summed E-state index contributed by atoms with van der Waals surface area (Å²) in [4.78, 5) is 3.88. The number of anilines is 1. The minimum Gasteiger partial charge on any atom is -0.682 e.